The first kappa shape index (κ1) is 18.7. The van der Waals surface area contributed by atoms with E-state index in [4.69, 9.17) is 6.42 Å². The van der Waals surface area contributed by atoms with E-state index in [1.807, 2.05) is 11.0 Å². The summed E-state index contributed by atoms with van der Waals surface area (Å²) in [5.41, 5.74) is 1.26. The average molecular weight is 351 g/mol. The summed E-state index contributed by atoms with van der Waals surface area (Å²) < 4.78 is 0. The lowest BCUT2D eigenvalue weighted by Gasteiger charge is -2.38. The second-order valence-electron chi connectivity index (χ2n) is 7.15. The van der Waals surface area contributed by atoms with Gasteiger partial charge in [-0.05, 0) is 18.4 Å². The molecular formula is C22H29N3O. The van der Waals surface area contributed by atoms with Crippen molar-refractivity contribution < 1.29 is 4.79 Å². The number of amides is 1. The Balaban J connectivity index is 1.43. The fourth-order valence-corrected chi connectivity index (χ4v) is 3.88. The zero-order valence-electron chi connectivity index (χ0n) is 15.5. The molecule has 3 rings (SSSR count). The van der Waals surface area contributed by atoms with Crippen molar-refractivity contribution >= 4 is 12.0 Å². The van der Waals surface area contributed by atoms with Crippen molar-refractivity contribution in [2.24, 2.45) is 0 Å². The number of nitrogens with zero attached hydrogens (tertiary/aromatic N) is 3. The van der Waals surface area contributed by atoms with Gasteiger partial charge in [0.05, 0.1) is 6.54 Å². The van der Waals surface area contributed by atoms with Crippen molar-refractivity contribution in [1.82, 2.24) is 14.7 Å². The maximum atomic E-state index is 12.1. The van der Waals surface area contributed by atoms with E-state index in [0.717, 1.165) is 52.1 Å². The summed E-state index contributed by atoms with van der Waals surface area (Å²) in [5.74, 6) is 2.82. The zero-order valence-corrected chi connectivity index (χ0v) is 15.5. The highest BCUT2D eigenvalue weighted by atomic mass is 16.2. The Morgan fingerprint density at radius 3 is 2.58 bits per heavy atom. The molecule has 2 fully saturated rings. The van der Waals surface area contributed by atoms with Gasteiger partial charge in [-0.15, -0.1) is 6.42 Å². The molecule has 4 nitrogen and oxygen atoms in total. The molecule has 1 amide bonds. The van der Waals surface area contributed by atoms with Crippen molar-refractivity contribution in [3.8, 4) is 12.3 Å². The maximum absolute atomic E-state index is 12.1. The van der Waals surface area contributed by atoms with Crippen LogP contribution in [0.1, 0.15) is 24.8 Å². The minimum Gasteiger partial charge on any atom is -0.332 e. The molecule has 2 aliphatic heterocycles. The Kier molecular flexibility index (Phi) is 6.88. The molecular weight excluding hydrogens is 322 g/mol. The van der Waals surface area contributed by atoms with Crippen molar-refractivity contribution in [3.05, 3.63) is 42.0 Å². The molecule has 2 aliphatic rings. The van der Waals surface area contributed by atoms with Gasteiger partial charge in [-0.2, -0.15) is 0 Å². The van der Waals surface area contributed by atoms with E-state index in [2.05, 4.69) is 52.1 Å². The number of piperazine rings is 1. The van der Waals surface area contributed by atoms with Crippen LogP contribution in [0, 0.1) is 12.3 Å². The Labute approximate surface area is 157 Å². The van der Waals surface area contributed by atoms with E-state index in [-0.39, 0.29) is 5.91 Å². The molecule has 0 radical (unpaired) electrons. The fraction of sp³-hybridized carbons (Fsp3) is 0.500. The number of terminal acetylenes is 1. The zero-order chi connectivity index (χ0) is 18.2. The third-order valence-electron chi connectivity index (χ3n) is 5.46. The van der Waals surface area contributed by atoms with Gasteiger partial charge in [-0.25, -0.2) is 0 Å². The third-order valence-corrected chi connectivity index (χ3v) is 5.46. The van der Waals surface area contributed by atoms with E-state index >= 15 is 0 Å². The van der Waals surface area contributed by atoms with Crippen LogP contribution >= 0.6 is 0 Å². The van der Waals surface area contributed by atoms with Crippen LogP contribution in [0.3, 0.4) is 0 Å². The van der Waals surface area contributed by atoms with Gasteiger partial charge in [0.1, 0.15) is 0 Å². The summed E-state index contributed by atoms with van der Waals surface area (Å²) in [6.45, 7) is 6.62. The molecule has 2 heterocycles. The first-order valence-corrected chi connectivity index (χ1v) is 9.65. The third kappa shape index (κ3) is 5.20. The Morgan fingerprint density at radius 1 is 1.08 bits per heavy atom. The summed E-state index contributed by atoms with van der Waals surface area (Å²) in [4.78, 5) is 19.0. The molecule has 0 bridgehead atoms. The lowest BCUT2D eigenvalue weighted by atomic mass is 10.1. The van der Waals surface area contributed by atoms with Crippen molar-refractivity contribution in [3.63, 3.8) is 0 Å². The molecule has 1 atom stereocenters. The van der Waals surface area contributed by atoms with Gasteiger partial charge in [0.2, 0.25) is 5.91 Å². The summed E-state index contributed by atoms with van der Waals surface area (Å²) in [5, 5.41) is 0. The van der Waals surface area contributed by atoms with Crippen LogP contribution in [-0.2, 0) is 4.79 Å². The Hall–Kier alpha value is -2.09. The molecule has 0 aromatic heterocycles. The quantitative estimate of drug-likeness (QED) is 0.762. The Bertz CT molecular complexity index is 641. The van der Waals surface area contributed by atoms with Crippen molar-refractivity contribution in [2.45, 2.75) is 25.3 Å². The fourth-order valence-electron chi connectivity index (χ4n) is 3.88. The van der Waals surface area contributed by atoms with E-state index in [0.29, 0.717) is 19.0 Å². The van der Waals surface area contributed by atoms with Crippen LogP contribution in [0.15, 0.2) is 36.4 Å². The number of hydrogen-bond donors (Lipinski definition) is 0. The minimum absolute atomic E-state index is 0.218. The molecule has 1 aromatic carbocycles. The summed E-state index contributed by atoms with van der Waals surface area (Å²) >= 11 is 0. The van der Waals surface area contributed by atoms with Crippen LogP contribution in [0.2, 0.25) is 0 Å². The lowest BCUT2D eigenvalue weighted by Crippen LogP contribution is -2.50. The van der Waals surface area contributed by atoms with E-state index in [1.165, 1.54) is 5.56 Å². The molecule has 0 spiro atoms. The van der Waals surface area contributed by atoms with Crippen LogP contribution in [0.25, 0.3) is 6.08 Å². The van der Waals surface area contributed by atoms with Gasteiger partial charge in [-0.3, -0.25) is 14.6 Å². The van der Waals surface area contributed by atoms with Gasteiger partial charge in [0, 0.05) is 51.7 Å². The molecule has 4 heteroatoms. The number of benzene rings is 1. The highest BCUT2D eigenvalue weighted by Crippen LogP contribution is 2.19. The van der Waals surface area contributed by atoms with E-state index in [9.17, 15) is 4.79 Å². The summed E-state index contributed by atoms with van der Waals surface area (Å²) in [6, 6.07) is 11.0. The molecule has 1 aromatic rings. The smallest absolute Gasteiger partial charge is 0.223 e. The standard InChI is InChI=1S/C22H29N3O/c1-2-13-25-15-12-21(10-11-22(25)26)24-18-16-23(17-19-24)14-6-9-20-7-4-3-5-8-20/h1,3-9,21H,10-19H2. The predicted molar refractivity (Wildman–Crippen MR) is 107 cm³/mol. The van der Waals surface area contributed by atoms with Crippen LogP contribution in [0.4, 0.5) is 0 Å². The molecule has 0 saturated carbocycles. The number of hydrogen-bond acceptors (Lipinski definition) is 3. The Morgan fingerprint density at radius 2 is 1.85 bits per heavy atom. The summed E-state index contributed by atoms with van der Waals surface area (Å²) in [7, 11) is 0. The van der Waals surface area contributed by atoms with Crippen LogP contribution < -0.4 is 0 Å². The van der Waals surface area contributed by atoms with Gasteiger partial charge in [0.15, 0.2) is 0 Å². The van der Waals surface area contributed by atoms with Crippen LogP contribution in [0.5, 0.6) is 0 Å². The SMILES string of the molecule is C#CCN1CCC(N2CCN(CC=Cc3ccccc3)CC2)CCC1=O. The monoisotopic (exact) mass is 351 g/mol. The highest BCUT2D eigenvalue weighted by Gasteiger charge is 2.28. The van der Waals surface area contributed by atoms with E-state index in [1.54, 1.807) is 0 Å². The van der Waals surface area contributed by atoms with Gasteiger partial charge >= 0.3 is 0 Å². The average Bonchev–Trinajstić information content (AvgIpc) is 2.86. The molecule has 0 aliphatic carbocycles. The summed E-state index contributed by atoms with van der Waals surface area (Å²) in [6.07, 6.45) is 12.5. The normalized spacial score (nSPS) is 23.1. The van der Waals surface area contributed by atoms with Crippen LogP contribution in [-0.4, -0.2) is 72.5 Å². The predicted octanol–water partition coefficient (Wildman–Crippen LogP) is 2.33. The first-order valence-electron chi connectivity index (χ1n) is 9.65. The molecule has 1 unspecified atom stereocenters. The van der Waals surface area contributed by atoms with E-state index < -0.39 is 0 Å². The lowest BCUT2D eigenvalue weighted by molar-refractivity contribution is -0.130. The van der Waals surface area contributed by atoms with Crippen molar-refractivity contribution in [2.75, 3.05) is 45.8 Å². The number of carbonyl (C=O) groups is 1. The molecule has 26 heavy (non-hydrogen) atoms. The number of rotatable bonds is 5. The largest absolute Gasteiger partial charge is 0.332 e. The molecule has 2 saturated heterocycles. The maximum Gasteiger partial charge on any atom is 0.223 e. The highest BCUT2D eigenvalue weighted by molar-refractivity contribution is 5.76. The molecule has 138 valence electrons. The first-order chi connectivity index (χ1) is 12.8. The number of likely N-dealkylation sites (tertiary alicyclic amines) is 1. The second-order valence-corrected chi connectivity index (χ2v) is 7.15. The number of carbonyl (C=O) groups excluding carboxylic acids is 1. The van der Waals surface area contributed by atoms with Gasteiger partial charge in [0.25, 0.3) is 0 Å². The van der Waals surface area contributed by atoms with Gasteiger partial charge < -0.3 is 4.90 Å². The van der Waals surface area contributed by atoms with Crippen molar-refractivity contribution in [1.29, 1.82) is 0 Å². The minimum atomic E-state index is 0.218. The van der Waals surface area contributed by atoms with Gasteiger partial charge in [-0.1, -0.05) is 48.4 Å². The second kappa shape index (κ2) is 9.56. The topological polar surface area (TPSA) is 26.8 Å². The molecule has 0 N–H and O–H groups in total.